The second kappa shape index (κ2) is 4.66. The van der Waals surface area contributed by atoms with Crippen molar-refractivity contribution >= 4 is 34.1 Å². The molecule has 2 heterocycles. The molecule has 3 rings (SSSR count). The fourth-order valence-corrected chi connectivity index (χ4v) is 2.42. The van der Waals surface area contributed by atoms with E-state index in [1.54, 1.807) is 6.33 Å². The summed E-state index contributed by atoms with van der Waals surface area (Å²) in [6.45, 7) is 5.94. The van der Waals surface area contributed by atoms with Gasteiger partial charge in [0.2, 0.25) is 5.65 Å². The highest BCUT2D eigenvalue weighted by molar-refractivity contribution is 6.31. The van der Waals surface area contributed by atoms with Crippen molar-refractivity contribution in [3.63, 3.8) is 0 Å². The molecule has 0 unspecified atom stereocenters. The van der Waals surface area contributed by atoms with Gasteiger partial charge in [0.25, 0.3) is 0 Å². The standard InChI is InChI=1S/C13H14ClN5/c1-3-18(4-2)12-13-17-15-8-19(13)11-6-5-9(14)7-10(11)16-12/h5-8H,3-4H2,1-2H3. The molecule has 2 aromatic heterocycles. The van der Waals surface area contributed by atoms with E-state index < -0.39 is 0 Å². The van der Waals surface area contributed by atoms with Crippen LogP contribution in [0.2, 0.25) is 5.02 Å². The lowest BCUT2D eigenvalue weighted by atomic mass is 10.3. The van der Waals surface area contributed by atoms with E-state index in [4.69, 9.17) is 16.6 Å². The van der Waals surface area contributed by atoms with Crippen LogP contribution in [0.1, 0.15) is 13.8 Å². The van der Waals surface area contributed by atoms with Gasteiger partial charge in [0.05, 0.1) is 11.0 Å². The zero-order valence-corrected chi connectivity index (χ0v) is 11.6. The van der Waals surface area contributed by atoms with Crippen LogP contribution in [-0.2, 0) is 0 Å². The van der Waals surface area contributed by atoms with Gasteiger partial charge >= 0.3 is 0 Å². The van der Waals surface area contributed by atoms with E-state index in [0.29, 0.717) is 5.02 Å². The summed E-state index contributed by atoms with van der Waals surface area (Å²) in [6, 6.07) is 5.65. The highest BCUT2D eigenvalue weighted by atomic mass is 35.5. The lowest BCUT2D eigenvalue weighted by Gasteiger charge is -2.20. The molecule has 0 atom stereocenters. The first-order valence-corrected chi connectivity index (χ1v) is 6.66. The van der Waals surface area contributed by atoms with Crippen molar-refractivity contribution in [1.29, 1.82) is 0 Å². The van der Waals surface area contributed by atoms with Gasteiger partial charge in [-0.1, -0.05) is 11.6 Å². The van der Waals surface area contributed by atoms with Crippen LogP contribution in [-0.4, -0.2) is 32.7 Å². The van der Waals surface area contributed by atoms with Gasteiger partial charge in [-0.05, 0) is 32.0 Å². The number of hydrogen-bond acceptors (Lipinski definition) is 4. The number of fused-ring (bicyclic) bond motifs is 3. The molecule has 0 N–H and O–H groups in total. The summed E-state index contributed by atoms with van der Waals surface area (Å²) in [7, 11) is 0. The van der Waals surface area contributed by atoms with Gasteiger partial charge in [-0.3, -0.25) is 4.40 Å². The van der Waals surface area contributed by atoms with Crippen LogP contribution in [0.25, 0.3) is 16.7 Å². The molecule has 0 spiro atoms. The van der Waals surface area contributed by atoms with Crippen molar-refractivity contribution in [3.8, 4) is 0 Å². The lowest BCUT2D eigenvalue weighted by Crippen LogP contribution is -2.24. The molecule has 6 heteroatoms. The van der Waals surface area contributed by atoms with Gasteiger partial charge in [0.15, 0.2) is 5.82 Å². The van der Waals surface area contributed by atoms with E-state index in [1.807, 2.05) is 22.6 Å². The zero-order chi connectivity index (χ0) is 13.4. The third-order valence-corrected chi connectivity index (χ3v) is 3.47. The predicted molar refractivity (Wildman–Crippen MR) is 76.9 cm³/mol. The lowest BCUT2D eigenvalue weighted by molar-refractivity contribution is 0.848. The quantitative estimate of drug-likeness (QED) is 0.737. The maximum absolute atomic E-state index is 6.05. The zero-order valence-electron chi connectivity index (χ0n) is 10.8. The Morgan fingerprint density at radius 3 is 2.79 bits per heavy atom. The molecule has 0 radical (unpaired) electrons. The molecule has 0 aliphatic heterocycles. The van der Waals surface area contributed by atoms with Crippen LogP contribution in [0.4, 0.5) is 5.82 Å². The maximum atomic E-state index is 6.05. The van der Waals surface area contributed by atoms with Crippen molar-refractivity contribution < 1.29 is 0 Å². The SMILES string of the molecule is CCN(CC)c1nc2cc(Cl)ccc2n2cnnc12. The van der Waals surface area contributed by atoms with Gasteiger partial charge in [-0.15, -0.1) is 10.2 Å². The van der Waals surface area contributed by atoms with Crippen LogP contribution in [0.3, 0.4) is 0 Å². The Hall–Kier alpha value is -1.88. The van der Waals surface area contributed by atoms with Crippen LogP contribution in [0.5, 0.6) is 0 Å². The fourth-order valence-electron chi connectivity index (χ4n) is 2.25. The first-order chi connectivity index (χ1) is 9.24. The van der Waals surface area contributed by atoms with E-state index in [1.165, 1.54) is 0 Å². The molecule has 98 valence electrons. The minimum Gasteiger partial charge on any atom is -0.354 e. The van der Waals surface area contributed by atoms with Crippen LogP contribution in [0.15, 0.2) is 24.5 Å². The second-order valence-corrected chi connectivity index (χ2v) is 4.70. The molecule has 0 saturated carbocycles. The Labute approximate surface area is 115 Å². The van der Waals surface area contributed by atoms with Crippen molar-refractivity contribution in [2.24, 2.45) is 0 Å². The average Bonchev–Trinajstić information content (AvgIpc) is 2.89. The molecule has 0 aliphatic rings. The van der Waals surface area contributed by atoms with Crippen LogP contribution < -0.4 is 4.90 Å². The second-order valence-electron chi connectivity index (χ2n) is 4.27. The Kier molecular flexibility index (Phi) is 2.98. The molecule has 0 bridgehead atoms. The van der Waals surface area contributed by atoms with Crippen LogP contribution in [0, 0.1) is 0 Å². The molecule has 0 saturated heterocycles. The highest BCUT2D eigenvalue weighted by Crippen LogP contribution is 2.24. The van der Waals surface area contributed by atoms with Gasteiger partial charge in [0.1, 0.15) is 6.33 Å². The molecule has 0 amide bonds. The summed E-state index contributed by atoms with van der Waals surface area (Å²) in [5.41, 5.74) is 2.58. The summed E-state index contributed by atoms with van der Waals surface area (Å²) >= 11 is 6.05. The van der Waals surface area contributed by atoms with Crippen molar-refractivity contribution in [2.45, 2.75) is 13.8 Å². The number of rotatable bonds is 3. The molecule has 0 aliphatic carbocycles. The van der Waals surface area contributed by atoms with Gasteiger partial charge in [-0.25, -0.2) is 4.98 Å². The molecular weight excluding hydrogens is 262 g/mol. The summed E-state index contributed by atoms with van der Waals surface area (Å²) < 4.78 is 1.95. The van der Waals surface area contributed by atoms with Gasteiger partial charge < -0.3 is 4.90 Å². The Morgan fingerprint density at radius 2 is 2.05 bits per heavy atom. The molecule has 19 heavy (non-hydrogen) atoms. The molecule has 5 nitrogen and oxygen atoms in total. The van der Waals surface area contributed by atoms with Crippen molar-refractivity contribution in [2.75, 3.05) is 18.0 Å². The van der Waals surface area contributed by atoms with Crippen molar-refractivity contribution in [3.05, 3.63) is 29.5 Å². The molecular formula is C13H14ClN5. The highest BCUT2D eigenvalue weighted by Gasteiger charge is 2.14. The summed E-state index contributed by atoms with van der Waals surface area (Å²) in [5, 5.41) is 8.86. The number of aromatic nitrogens is 4. The largest absolute Gasteiger partial charge is 0.354 e. The van der Waals surface area contributed by atoms with E-state index in [0.717, 1.165) is 35.6 Å². The first-order valence-electron chi connectivity index (χ1n) is 6.28. The predicted octanol–water partition coefficient (Wildman–Crippen LogP) is 2.78. The van der Waals surface area contributed by atoms with Gasteiger partial charge in [0, 0.05) is 18.1 Å². The Bertz CT molecular complexity index is 732. The van der Waals surface area contributed by atoms with E-state index >= 15 is 0 Å². The Balaban J connectivity index is 2.38. The number of hydrogen-bond donors (Lipinski definition) is 0. The molecule has 3 aromatic rings. The summed E-state index contributed by atoms with van der Waals surface area (Å²) in [4.78, 5) is 6.85. The van der Waals surface area contributed by atoms with E-state index in [-0.39, 0.29) is 0 Å². The first kappa shape index (κ1) is 12.2. The number of anilines is 1. The molecule has 0 fully saturated rings. The third-order valence-electron chi connectivity index (χ3n) is 3.23. The average molecular weight is 276 g/mol. The monoisotopic (exact) mass is 275 g/mol. The van der Waals surface area contributed by atoms with Crippen LogP contribution >= 0.6 is 11.6 Å². The minimum atomic E-state index is 0.679. The fraction of sp³-hybridized carbons (Fsp3) is 0.308. The smallest absolute Gasteiger partial charge is 0.204 e. The number of nitrogens with zero attached hydrogens (tertiary/aromatic N) is 5. The Morgan fingerprint density at radius 1 is 1.26 bits per heavy atom. The van der Waals surface area contributed by atoms with Gasteiger partial charge in [-0.2, -0.15) is 0 Å². The summed E-state index contributed by atoms with van der Waals surface area (Å²) in [5.74, 6) is 0.845. The topological polar surface area (TPSA) is 46.3 Å². The third kappa shape index (κ3) is 1.90. The number of halogens is 1. The summed E-state index contributed by atoms with van der Waals surface area (Å²) in [6.07, 6.45) is 1.71. The maximum Gasteiger partial charge on any atom is 0.204 e. The number of benzene rings is 1. The van der Waals surface area contributed by atoms with E-state index in [9.17, 15) is 0 Å². The minimum absolute atomic E-state index is 0.679. The van der Waals surface area contributed by atoms with E-state index in [2.05, 4.69) is 28.9 Å². The van der Waals surface area contributed by atoms with Crippen molar-refractivity contribution in [1.82, 2.24) is 19.6 Å². The normalized spacial score (nSPS) is 11.3. The molecule has 1 aromatic carbocycles.